The number of carbonyl (C=O) groups is 1. The summed E-state index contributed by atoms with van der Waals surface area (Å²) in [6.07, 6.45) is -4.45. The summed E-state index contributed by atoms with van der Waals surface area (Å²) in [6, 6.07) is 3.58. The molecule has 1 aromatic rings. The predicted molar refractivity (Wildman–Crippen MR) is 69.6 cm³/mol. The van der Waals surface area contributed by atoms with Gasteiger partial charge in [0.15, 0.2) is 0 Å². The van der Waals surface area contributed by atoms with Gasteiger partial charge < -0.3 is 15.4 Å². The second-order valence-electron chi connectivity index (χ2n) is 4.60. The molecule has 0 saturated heterocycles. The first-order chi connectivity index (χ1) is 9.15. The molecular formula is C13H17F3N2O2. The van der Waals surface area contributed by atoms with E-state index in [-0.39, 0.29) is 11.3 Å². The van der Waals surface area contributed by atoms with Crippen LogP contribution < -0.4 is 10.5 Å². The summed E-state index contributed by atoms with van der Waals surface area (Å²) in [5.74, 6) is -0.347. The quantitative estimate of drug-likeness (QED) is 0.867. The van der Waals surface area contributed by atoms with Crippen molar-refractivity contribution in [3.63, 3.8) is 0 Å². The lowest BCUT2D eigenvalue weighted by molar-refractivity contribution is -0.143. The number of nitrogens with zero attached hydrogens (tertiary/aromatic N) is 1. The van der Waals surface area contributed by atoms with E-state index >= 15 is 0 Å². The summed E-state index contributed by atoms with van der Waals surface area (Å²) in [4.78, 5) is 12.9. The minimum absolute atomic E-state index is 0.0984. The highest BCUT2D eigenvalue weighted by Gasteiger charge is 2.34. The maximum absolute atomic E-state index is 12.5. The number of nitrogens with two attached hydrogens (primary N) is 1. The number of carbonyl (C=O) groups excluding carboxylic acids is 1. The number of alkyl halides is 3. The van der Waals surface area contributed by atoms with Gasteiger partial charge in [-0.05, 0) is 32.0 Å². The first kappa shape index (κ1) is 16.1. The Labute approximate surface area is 115 Å². The molecule has 0 saturated carbocycles. The van der Waals surface area contributed by atoms with Gasteiger partial charge in [0.2, 0.25) is 0 Å². The van der Waals surface area contributed by atoms with Crippen molar-refractivity contribution < 1.29 is 22.7 Å². The highest BCUT2D eigenvalue weighted by molar-refractivity contribution is 5.95. The maximum atomic E-state index is 12.5. The molecule has 0 heterocycles. The Hall–Kier alpha value is -1.92. The zero-order chi connectivity index (χ0) is 15.5. The molecule has 1 rings (SSSR count). The zero-order valence-corrected chi connectivity index (χ0v) is 11.5. The first-order valence-electron chi connectivity index (χ1n) is 5.97. The molecule has 0 aliphatic heterocycles. The number of hydrogen-bond acceptors (Lipinski definition) is 3. The molecule has 0 aliphatic carbocycles. The van der Waals surface area contributed by atoms with Crippen LogP contribution in [0.25, 0.3) is 0 Å². The summed E-state index contributed by atoms with van der Waals surface area (Å²) < 4.78 is 42.4. The third-order valence-electron chi connectivity index (χ3n) is 2.71. The number of benzene rings is 1. The lowest BCUT2D eigenvalue weighted by Gasteiger charge is -2.28. The second-order valence-corrected chi connectivity index (χ2v) is 4.60. The Morgan fingerprint density at radius 2 is 2.00 bits per heavy atom. The van der Waals surface area contributed by atoms with Crippen molar-refractivity contribution in [2.75, 3.05) is 19.4 Å². The van der Waals surface area contributed by atoms with Crippen LogP contribution in [0.1, 0.15) is 24.2 Å². The van der Waals surface area contributed by atoms with Crippen molar-refractivity contribution in [3.05, 3.63) is 23.8 Å². The smallest absolute Gasteiger partial charge is 0.406 e. The van der Waals surface area contributed by atoms with Crippen LogP contribution in [0.15, 0.2) is 18.2 Å². The van der Waals surface area contributed by atoms with Gasteiger partial charge in [-0.15, -0.1) is 0 Å². The van der Waals surface area contributed by atoms with E-state index < -0.39 is 24.7 Å². The van der Waals surface area contributed by atoms with E-state index in [1.165, 1.54) is 39.2 Å². The van der Waals surface area contributed by atoms with Gasteiger partial charge in [-0.1, -0.05) is 0 Å². The Morgan fingerprint density at radius 3 is 2.40 bits per heavy atom. The molecule has 1 amide bonds. The minimum atomic E-state index is -4.45. The van der Waals surface area contributed by atoms with Crippen LogP contribution in [0, 0.1) is 0 Å². The van der Waals surface area contributed by atoms with Gasteiger partial charge in [-0.3, -0.25) is 4.79 Å². The number of anilines is 1. The monoisotopic (exact) mass is 290 g/mol. The molecule has 0 aromatic heterocycles. The van der Waals surface area contributed by atoms with E-state index in [2.05, 4.69) is 0 Å². The molecule has 0 aliphatic rings. The fourth-order valence-corrected chi connectivity index (χ4v) is 1.72. The molecule has 0 bridgehead atoms. The van der Waals surface area contributed by atoms with Crippen LogP contribution in [-0.2, 0) is 0 Å². The molecule has 20 heavy (non-hydrogen) atoms. The molecule has 1 aromatic carbocycles. The van der Waals surface area contributed by atoms with Gasteiger partial charge in [0.1, 0.15) is 12.3 Å². The first-order valence-corrected chi connectivity index (χ1v) is 5.97. The number of halogens is 3. The Kier molecular flexibility index (Phi) is 4.86. The number of methoxy groups -OCH3 is 1. The average molecular weight is 290 g/mol. The number of amides is 1. The molecule has 0 spiro atoms. The van der Waals surface area contributed by atoms with E-state index in [1.807, 2.05) is 0 Å². The van der Waals surface area contributed by atoms with Gasteiger partial charge >= 0.3 is 6.18 Å². The van der Waals surface area contributed by atoms with Crippen molar-refractivity contribution in [2.45, 2.75) is 26.1 Å². The standard InChI is InChI=1S/C13H17F3N2O2/c1-8(2)18(7-13(14,15)16)12(19)9-4-5-11(20-3)10(17)6-9/h4-6,8H,7,17H2,1-3H3. The number of ether oxygens (including phenoxy) is 1. The van der Waals surface area contributed by atoms with Crippen molar-refractivity contribution in [1.29, 1.82) is 0 Å². The van der Waals surface area contributed by atoms with Gasteiger partial charge in [0.05, 0.1) is 12.8 Å². The zero-order valence-electron chi connectivity index (χ0n) is 11.5. The molecular weight excluding hydrogens is 273 g/mol. The fraction of sp³-hybridized carbons (Fsp3) is 0.462. The molecule has 0 atom stereocenters. The third-order valence-corrected chi connectivity index (χ3v) is 2.71. The van der Waals surface area contributed by atoms with Crippen LogP contribution in [-0.4, -0.2) is 36.7 Å². The Morgan fingerprint density at radius 1 is 1.40 bits per heavy atom. The van der Waals surface area contributed by atoms with Crippen molar-refractivity contribution in [2.24, 2.45) is 0 Å². The van der Waals surface area contributed by atoms with Crippen LogP contribution in [0.3, 0.4) is 0 Å². The van der Waals surface area contributed by atoms with Crippen molar-refractivity contribution >= 4 is 11.6 Å². The second kappa shape index (κ2) is 6.02. The molecule has 4 nitrogen and oxygen atoms in total. The Balaban J connectivity index is 3.04. The van der Waals surface area contributed by atoms with Crippen LogP contribution in [0.2, 0.25) is 0 Å². The lowest BCUT2D eigenvalue weighted by atomic mass is 10.1. The summed E-state index contributed by atoms with van der Waals surface area (Å²) in [7, 11) is 1.41. The van der Waals surface area contributed by atoms with Crippen LogP contribution >= 0.6 is 0 Å². The van der Waals surface area contributed by atoms with E-state index in [0.717, 1.165) is 4.90 Å². The van der Waals surface area contributed by atoms with Gasteiger partial charge in [-0.2, -0.15) is 13.2 Å². The average Bonchev–Trinajstić information content (AvgIpc) is 2.33. The normalized spacial score (nSPS) is 11.6. The topological polar surface area (TPSA) is 55.6 Å². The van der Waals surface area contributed by atoms with Crippen LogP contribution in [0.5, 0.6) is 5.75 Å². The number of rotatable bonds is 4. The predicted octanol–water partition coefficient (Wildman–Crippen LogP) is 2.69. The summed E-state index contributed by atoms with van der Waals surface area (Å²) in [5.41, 5.74) is 5.96. The van der Waals surface area contributed by atoms with E-state index in [1.54, 1.807) is 0 Å². The maximum Gasteiger partial charge on any atom is 0.406 e. The van der Waals surface area contributed by atoms with Gasteiger partial charge in [-0.25, -0.2) is 0 Å². The van der Waals surface area contributed by atoms with Crippen molar-refractivity contribution in [3.8, 4) is 5.75 Å². The van der Waals surface area contributed by atoms with E-state index in [9.17, 15) is 18.0 Å². The third kappa shape index (κ3) is 4.04. The molecule has 0 unspecified atom stereocenters. The summed E-state index contributed by atoms with van der Waals surface area (Å²) in [6.45, 7) is 1.75. The lowest BCUT2D eigenvalue weighted by Crippen LogP contribution is -2.43. The van der Waals surface area contributed by atoms with Gasteiger partial charge in [0, 0.05) is 11.6 Å². The molecule has 112 valence electrons. The van der Waals surface area contributed by atoms with Crippen molar-refractivity contribution in [1.82, 2.24) is 4.90 Å². The highest BCUT2D eigenvalue weighted by atomic mass is 19.4. The SMILES string of the molecule is COc1ccc(C(=O)N(CC(F)(F)F)C(C)C)cc1N. The summed E-state index contributed by atoms with van der Waals surface area (Å²) in [5, 5.41) is 0. The number of hydrogen-bond donors (Lipinski definition) is 1. The van der Waals surface area contributed by atoms with E-state index in [4.69, 9.17) is 10.5 Å². The minimum Gasteiger partial charge on any atom is -0.495 e. The summed E-state index contributed by atoms with van der Waals surface area (Å²) >= 11 is 0. The largest absolute Gasteiger partial charge is 0.495 e. The molecule has 2 N–H and O–H groups in total. The number of nitrogen functional groups attached to an aromatic ring is 1. The van der Waals surface area contributed by atoms with E-state index in [0.29, 0.717) is 5.75 Å². The van der Waals surface area contributed by atoms with Crippen LogP contribution in [0.4, 0.5) is 18.9 Å². The molecule has 7 heteroatoms. The van der Waals surface area contributed by atoms with Gasteiger partial charge in [0.25, 0.3) is 5.91 Å². The molecule has 0 fully saturated rings. The molecule has 0 radical (unpaired) electrons. The fourth-order valence-electron chi connectivity index (χ4n) is 1.72. The highest BCUT2D eigenvalue weighted by Crippen LogP contribution is 2.24. The Bertz CT molecular complexity index is 487.